The molecule has 0 spiro atoms. The first-order chi connectivity index (χ1) is 48.1. The lowest BCUT2D eigenvalue weighted by molar-refractivity contribution is -0.237. The number of esters is 12. The molecule has 0 aliphatic carbocycles. The van der Waals surface area contributed by atoms with Crippen molar-refractivity contribution in [3.05, 3.63) is 69.1 Å². The fourth-order valence-corrected chi connectivity index (χ4v) is 14.8. The Kier molecular flexibility index (Phi) is 29.1. The number of rotatable bonds is 30. The summed E-state index contributed by atoms with van der Waals surface area (Å²) in [6.07, 6.45) is -10.7. The first-order valence-electron chi connectivity index (χ1n) is 31.7. The van der Waals surface area contributed by atoms with Gasteiger partial charge in [0, 0.05) is 119 Å². The molecule has 36 nitrogen and oxygen atoms in total. The summed E-state index contributed by atoms with van der Waals surface area (Å²) in [7, 11) is 0. The van der Waals surface area contributed by atoms with Crippen LogP contribution in [0.2, 0.25) is 0 Å². The quantitative estimate of drug-likeness (QED) is 0.0534. The van der Waals surface area contributed by atoms with Gasteiger partial charge in [-0.05, 0) is 54.2 Å². The summed E-state index contributed by atoms with van der Waals surface area (Å²) in [6.45, 7) is 18.6. The van der Waals surface area contributed by atoms with E-state index in [2.05, 4.69) is 30.9 Å². The standard InChI is InChI=1S/C63H81N9O27S3/c1-28-46(19-70-16-43(64-67-70)25-100-61-58(94-40(13)82)55(91-37(10)79)52(88-34(7)76)49(97-61)22-85-31(4)73)29(2)48(21-72-18-45(66-69-72)27-102-63-60(96-42(15)84)57(93-39(12)81)54(90-36(9)78)51(99-63)24-87-33(6)75)30(3)47(28)20-71-17-44(65-68-71)26-101-62-59(95-41(14)83)56(92-38(11)80)53(89-35(8)77)50(98-62)23-86-32(5)74/h16-18,49-63H,19-27H2,1-15H3/t49-,50-,51-,52-,53-,54-,55+,56+,57+,58+,59+,60+,61-,62-,63-/m1/s1. The van der Waals surface area contributed by atoms with Gasteiger partial charge in [0.05, 0.1) is 36.7 Å². The van der Waals surface area contributed by atoms with E-state index in [1.807, 2.05) is 20.8 Å². The SMILES string of the molecule is CC(=O)OC[C@H]1O[C@H](SCc2cn(Cc3c(C)c(Cn4cc(CS[C@H]5O[C@H](COC(C)=O)[C@@H](OC(C)=O)[C@H](OC(C)=O)[C@@H]5OC(C)=O)nn4)c(C)c(Cn4cc(CS[C@H]5O[C@H](COC(C)=O)[C@@H](OC(C)=O)[C@H](OC(C)=O)[C@@H]5OC(C)=O)nn4)c3C)nn2)[C@@H](OC(C)=O)[C@@H](OC(C)=O)[C@@H]1OC(C)=O. The molecule has 0 N–H and O–H groups in total. The molecule has 6 heterocycles. The fraction of sp³-hybridized carbons (Fsp3) is 0.619. The van der Waals surface area contributed by atoms with Crippen LogP contribution in [-0.4, -0.2) is 226 Å². The van der Waals surface area contributed by atoms with Crippen LogP contribution < -0.4 is 0 Å². The summed E-state index contributed by atoms with van der Waals surface area (Å²) in [4.78, 5) is 148. The molecule has 3 aliphatic rings. The third-order valence-electron chi connectivity index (χ3n) is 15.5. The third-order valence-corrected chi connectivity index (χ3v) is 19.0. The van der Waals surface area contributed by atoms with Crippen LogP contribution in [-0.2, 0) is 165 Å². The Morgan fingerprint density at radius 2 is 0.529 bits per heavy atom. The summed E-state index contributed by atoms with van der Waals surface area (Å²) in [5, 5.41) is 26.8. The van der Waals surface area contributed by atoms with Crippen molar-refractivity contribution in [3.8, 4) is 0 Å². The van der Waals surface area contributed by atoms with E-state index < -0.39 is 181 Å². The van der Waals surface area contributed by atoms with Gasteiger partial charge in [-0.2, -0.15) is 0 Å². The number of benzene rings is 1. The molecular formula is C63H81N9O27S3. The molecule has 39 heteroatoms. The Bertz CT molecular complexity index is 3340. The first kappa shape index (κ1) is 80.5. The maximum Gasteiger partial charge on any atom is 0.303 e. The first-order valence-corrected chi connectivity index (χ1v) is 34.8. The van der Waals surface area contributed by atoms with Crippen LogP contribution in [0, 0.1) is 20.8 Å². The summed E-state index contributed by atoms with van der Waals surface area (Å²) < 4.78 is 90.0. The molecule has 558 valence electrons. The summed E-state index contributed by atoms with van der Waals surface area (Å²) in [5.74, 6) is -8.82. The third kappa shape index (κ3) is 22.9. The molecular weight excluding hydrogens is 1410 g/mol. The van der Waals surface area contributed by atoms with Crippen molar-refractivity contribution in [1.82, 2.24) is 45.0 Å². The van der Waals surface area contributed by atoms with E-state index in [0.29, 0.717) is 17.1 Å². The molecule has 0 saturated carbocycles. The molecule has 4 aromatic rings. The van der Waals surface area contributed by atoms with Crippen LogP contribution in [0.1, 0.15) is 134 Å². The second-order valence-electron chi connectivity index (χ2n) is 23.7. The minimum Gasteiger partial charge on any atom is -0.463 e. The van der Waals surface area contributed by atoms with E-state index in [1.54, 1.807) is 32.6 Å². The van der Waals surface area contributed by atoms with Crippen LogP contribution in [0.15, 0.2) is 18.6 Å². The highest BCUT2D eigenvalue weighted by Crippen LogP contribution is 2.40. The Balaban J connectivity index is 1.21. The van der Waals surface area contributed by atoms with E-state index in [9.17, 15) is 57.5 Å². The van der Waals surface area contributed by atoms with Gasteiger partial charge in [0.1, 0.15) is 54.4 Å². The number of carbonyl (C=O) groups excluding carboxylic acids is 12. The maximum absolute atomic E-state index is 12.6. The number of hydrogen-bond acceptors (Lipinski definition) is 36. The van der Waals surface area contributed by atoms with Gasteiger partial charge < -0.3 is 71.1 Å². The van der Waals surface area contributed by atoms with E-state index in [0.717, 1.165) is 131 Å². The highest BCUT2D eigenvalue weighted by Gasteiger charge is 2.55. The molecule has 102 heavy (non-hydrogen) atoms. The molecule has 3 aromatic heterocycles. The largest absolute Gasteiger partial charge is 0.463 e. The fourth-order valence-electron chi connectivity index (χ4n) is 11.5. The number of aromatic nitrogens is 9. The topological polar surface area (TPSA) is 435 Å². The lowest BCUT2D eigenvalue weighted by Gasteiger charge is -2.44. The van der Waals surface area contributed by atoms with Gasteiger partial charge in [0.2, 0.25) is 0 Å². The van der Waals surface area contributed by atoms with Crippen molar-refractivity contribution >= 4 is 107 Å². The average molecular weight is 1490 g/mol. The zero-order chi connectivity index (χ0) is 75.0. The Morgan fingerprint density at radius 1 is 0.324 bits per heavy atom. The van der Waals surface area contributed by atoms with Crippen molar-refractivity contribution in [2.75, 3.05) is 19.8 Å². The number of ether oxygens (including phenoxy) is 15. The number of carbonyl (C=O) groups is 12. The molecule has 0 radical (unpaired) electrons. The molecule has 0 unspecified atom stereocenters. The van der Waals surface area contributed by atoms with E-state index >= 15 is 0 Å². The minimum atomic E-state index is -1.39. The highest BCUT2D eigenvalue weighted by atomic mass is 32.2. The van der Waals surface area contributed by atoms with Gasteiger partial charge in [-0.3, -0.25) is 57.5 Å². The van der Waals surface area contributed by atoms with Crippen LogP contribution in [0.5, 0.6) is 0 Å². The number of nitrogens with zero attached hydrogens (tertiary/aromatic N) is 9. The molecule has 1 aromatic carbocycles. The second kappa shape index (κ2) is 36.9. The summed E-state index contributed by atoms with van der Waals surface area (Å²) >= 11 is 3.28. The van der Waals surface area contributed by atoms with Crippen molar-refractivity contribution < 1.29 is 129 Å². The number of hydrogen-bond donors (Lipinski definition) is 0. The van der Waals surface area contributed by atoms with Gasteiger partial charge in [0.25, 0.3) is 0 Å². The van der Waals surface area contributed by atoms with Gasteiger partial charge in [-0.1, -0.05) is 15.6 Å². The molecule has 7 rings (SSSR count). The smallest absolute Gasteiger partial charge is 0.303 e. The zero-order valence-electron chi connectivity index (χ0n) is 58.5. The van der Waals surface area contributed by atoms with Crippen molar-refractivity contribution in [1.29, 1.82) is 0 Å². The average Bonchev–Trinajstić information content (AvgIpc) is 1.22. The Labute approximate surface area is 597 Å². The lowest BCUT2D eigenvalue weighted by atomic mass is 9.88. The summed E-state index contributed by atoms with van der Waals surface area (Å²) in [5.41, 5.74) is 2.81. The molecule has 3 fully saturated rings. The minimum absolute atomic E-state index is 0.0668. The van der Waals surface area contributed by atoms with Gasteiger partial charge in [0.15, 0.2) is 54.9 Å². The molecule has 15 atom stereocenters. The molecule has 3 saturated heterocycles. The van der Waals surface area contributed by atoms with Crippen molar-refractivity contribution in [2.45, 2.75) is 230 Å². The van der Waals surface area contributed by atoms with E-state index in [4.69, 9.17) is 71.1 Å². The maximum atomic E-state index is 12.6. The predicted molar refractivity (Wildman–Crippen MR) is 348 cm³/mol. The normalized spacial score (nSPS) is 24.6. The van der Waals surface area contributed by atoms with Gasteiger partial charge in [-0.15, -0.1) is 50.6 Å². The molecule has 0 bridgehead atoms. The lowest BCUT2D eigenvalue weighted by Crippen LogP contribution is -2.61. The zero-order valence-corrected chi connectivity index (χ0v) is 61.0. The second-order valence-corrected chi connectivity index (χ2v) is 26.9. The molecule has 0 amide bonds. The van der Waals surface area contributed by atoms with E-state index in [-0.39, 0.29) is 36.9 Å². The van der Waals surface area contributed by atoms with E-state index in [1.165, 1.54) is 20.8 Å². The summed E-state index contributed by atoms with van der Waals surface area (Å²) in [6, 6.07) is 0. The van der Waals surface area contributed by atoms with Crippen LogP contribution in [0.25, 0.3) is 0 Å². The van der Waals surface area contributed by atoms with Crippen LogP contribution >= 0.6 is 35.3 Å². The van der Waals surface area contributed by atoms with Gasteiger partial charge >= 0.3 is 71.6 Å². The van der Waals surface area contributed by atoms with Gasteiger partial charge in [-0.25, -0.2) is 14.0 Å². The number of thioether (sulfide) groups is 3. The van der Waals surface area contributed by atoms with Crippen LogP contribution in [0.4, 0.5) is 0 Å². The van der Waals surface area contributed by atoms with Crippen LogP contribution in [0.3, 0.4) is 0 Å². The molecule has 3 aliphatic heterocycles. The Morgan fingerprint density at radius 3 is 0.735 bits per heavy atom. The van der Waals surface area contributed by atoms with Crippen molar-refractivity contribution in [3.63, 3.8) is 0 Å². The highest BCUT2D eigenvalue weighted by molar-refractivity contribution is 7.99. The van der Waals surface area contributed by atoms with Crippen molar-refractivity contribution in [2.24, 2.45) is 0 Å². The predicted octanol–water partition coefficient (Wildman–Crippen LogP) is 2.48. The Hall–Kier alpha value is -8.79. The monoisotopic (exact) mass is 1490 g/mol.